The van der Waals surface area contributed by atoms with Crippen LogP contribution in [-0.4, -0.2) is 16.1 Å². The van der Waals surface area contributed by atoms with Crippen molar-refractivity contribution in [1.29, 1.82) is 0 Å². The Hall–Kier alpha value is -0.830. The molecular formula is C14H27N3. The van der Waals surface area contributed by atoms with E-state index in [1.165, 1.54) is 6.42 Å². The lowest BCUT2D eigenvalue weighted by Gasteiger charge is -2.17. The quantitative estimate of drug-likeness (QED) is 0.821. The van der Waals surface area contributed by atoms with Crippen molar-refractivity contribution in [3.63, 3.8) is 0 Å². The first-order chi connectivity index (χ1) is 7.95. The number of imidazole rings is 1. The van der Waals surface area contributed by atoms with E-state index in [-0.39, 0.29) is 0 Å². The molecule has 0 aliphatic heterocycles. The van der Waals surface area contributed by atoms with Crippen LogP contribution < -0.4 is 5.32 Å². The van der Waals surface area contributed by atoms with Gasteiger partial charge >= 0.3 is 0 Å². The molecule has 1 aromatic rings. The Bertz CT molecular complexity index is 341. The Balaban J connectivity index is 2.80. The summed E-state index contributed by atoms with van der Waals surface area (Å²) in [6.07, 6.45) is 3.40. The molecule has 3 heteroatoms. The zero-order valence-corrected chi connectivity index (χ0v) is 12.1. The fourth-order valence-corrected chi connectivity index (χ4v) is 2.37. The number of aryl methyl sites for hydroxylation is 1. The lowest BCUT2D eigenvalue weighted by molar-refractivity contribution is 0.421. The molecule has 0 spiro atoms. The highest BCUT2D eigenvalue weighted by molar-refractivity contribution is 5.08. The highest BCUT2D eigenvalue weighted by Crippen LogP contribution is 2.21. The average Bonchev–Trinajstić information content (AvgIpc) is 2.59. The molecule has 1 aromatic heterocycles. The van der Waals surface area contributed by atoms with Crippen molar-refractivity contribution in [2.45, 2.75) is 60.0 Å². The van der Waals surface area contributed by atoms with E-state index in [1.807, 2.05) is 0 Å². The van der Waals surface area contributed by atoms with Gasteiger partial charge in [-0.2, -0.15) is 0 Å². The summed E-state index contributed by atoms with van der Waals surface area (Å²) in [4.78, 5) is 4.66. The molecule has 0 saturated heterocycles. The molecule has 0 amide bonds. The largest absolute Gasteiger partial charge is 0.332 e. The standard InChI is InChI=1S/C14H27N3/c1-7-15-12(5)14-9-17(13(6)16-14)11(4)8-10(2)3/h9-12,15H,7-8H2,1-6H3. The van der Waals surface area contributed by atoms with Crippen LogP contribution in [-0.2, 0) is 0 Å². The van der Waals surface area contributed by atoms with Crippen molar-refractivity contribution in [3.05, 3.63) is 17.7 Å². The van der Waals surface area contributed by atoms with Crippen LogP contribution in [0.5, 0.6) is 0 Å². The van der Waals surface area contributed by atoms with Crippen LogP contribution in [0.3, 0.4) is 0 Å². The minimum Gasteiger partial charge on any atom is -0.332 e. The van der Waals surface area contributed by atoms with Crippen LogP contribution in [0.1, 0.15) is 64.6 Å². The molecule has 2 atom stereocenters. The number of hydrogen-bond acceptors (Lipinski definition) is 2. The third kappa shape index (κ3) is 3.84. The SMILES string of the molecule is CCNC(C)c1cn(C(C)CC(C)C)c(C)n1. The van der Waals surface area contributed by atoms with Crippen LogP contribution >= 0.6 is 0 Å². The Morgan fingerprint density at radius 3 is 2.47 bits per heavy atom. The summed E-state index contributed by atoms with van der Waals surface area (Å²) in [6.45, 7) is 14.2. The van der Waals surface area contributed by atoms with Gasteiger partial charge in [0.05, 0.1) is 5.69 Å². The molecule has 0 aliphatic rings. The third-order valence-electron chi connectivity index (χ3n) is 3.18. The van der Waals surface area contributed by atoms with Gasteiger partial charge in [0.2, 0.25) is 0 Å². The molecular weight excluding hydrogens is 210 g/mol. The smallest absolute Gasteiger partial charge is 0.106 e. The van der Waals surface area contributed by atoms with Crippen LogP contribution in [0.2, 0.25) is 0 Å². The zero-order chi connectivity index (χ0) is 13.0. The summed E-state index contributed by atoms with van der Waals surface area (Å²) in [6, 6.07) is 0.872. The van der Waals surface area contributed by atoms with E-state index in [4.69, 9.17) is 0 Å². The normalized spacial score (nSPS) is 15.2. The fourth-order valence-electron chi connectivity index (χ4n) is 2.37. The van der Waals surface area contributed by atoms with Crippen LogP contribution in [0, 0.1) is 12.8 Å². The van der Waals surface area contributed by atoms with Crippen molar-refractivity contribution >= 4 is 0 Å². The molecule has 17 heavy (non-hydrogen) atoms. The molecule has 0 radical (unpaired) electrons. The molecule has 0 saturated carbocycles. The lowest BCUT2D eigenvalue weighted by Crippen LogP contribution is -2.18. The monoisotopic (exact) mass is 237 g/mol. The van der Waals surface area contributed by atoms with Gasteiger partial charge in [-0.25, -0.2) is 4.98 Å². The van der Waals surface area contributed by atoms with Gasteiger partial charge in [-0.05, 0) is 39.7 Å². The van der Waals surface area contributed by atoms with Gasteiger partial charge in [0.25, 0.3) is 0 Å². The number of nitrogens with one attached hydrogen (secondary N) is 1. The molecule has 0 aromatic carbocycles. The summed E-state index contributed by atoms with van der Waals surface area (Å²) in [5, 5.41) is 3.41. The topological polar surface area (TPSA) is 29.9 Å². The molecule has 3 nitrogen and oxygen atoms in total. The lowest BCUT2D eigenvalue weighted by atomic mass is 10.1. The third-order valence-corrected chi connectivity index (χ3v) is 3.18. The van der Waals surface area contributed by atoms with Gasteiger partial charge in [-0.3, -0.25) is 0 Å². The Morgan fingerprint density at radius 2 is 1.94 bits per heavy atom. The summed E-state index contributed by atoms with van der Waals surface area (Å²) in [7, 11) is 0. The molecule has 98 valence electrons. The van der Waals surface area contributed by atoms with Gasteiger partial charge in [0.15, 0.2) is 0 Å². The molecule has 1 N–H and O–H groups in total. The summed E-state index contributed by atoms with van der Waals surface area (Å²) >= 11 is 0. The molecule has 2 unspecified atom stereocenters. The Morgan fingerprint density at radius 1 is 1.29 bits per heavy atom. The van der Waals surface area contributed by atoms with E-state index in [9.17, 15) is 0 Å². The minimum absolute atomic E-state index is 0.339. The van der Waals surface area contributed by atoms with Gasteiger partial charge in [-0.1, -0.05) is 20.8 Å². The molecule has 0 fully saturated rings. The highest BCUT2D eigenvalue weighted by Gasteiger charge is 2.14. The van der Waals surface area contributed by atoms with E-state index in [1.54, 1.807) is 0 Å². The predicted octanol–water partition coefficient (Wildman–Crippen LogP) is 3.47. The number of hydrogen-bond donors (Lipinski definition) is 1. The predicted molar refractivity (Wildman–Crippen MR) is 73.2 cm³/mol. The van der Waals surface area contributed by atoms with Crippen molar-refractivity contribution < 1.29 is 0 Å². The highest BCUT2D eigenvalue weighted by atomic mass is 15.1. The first kappa shape index (κ1) is 14.2. The van der Waals surface area contributed by atoms with Crippen LogP contribution in [0.15, 0.2) is 6.20 Å². The van der Waals surface area contributed by atoms with E-state index in [0.717, 1.165) is 24.0 Å². The van der Waals surface area contributed by atoms with Crippen LogP contribution in [0.4, 0.5) is 0 Å². The summed E-state index contributed by atoms with van der Waals surface area (Å²) in [5.41, 5.74) is 1.15. The number of aromatic nitrogens is 2. The maximum absolute atomic E-state index is 4.66. The van der Waals surface area contributed by atoms with E-state index < -0.39 is 0 Å². The second kappa shape index (κ2) is 6.20. The van der Waals surface area contributed by atoms with Gasteiger partial charge in [-0.15, -0.1) is 0 Å². The van der Waals surface area contributed by atoms with Crippen molar-refractivity contribution in [3.8, 4) is 0 Å². The minimum atomic E-state index is 0.339. The Kier molecular flexibility index (Phi) is 5.19. The van der Waals surface area contributed by atoms with Crippen molar-refractivity contribution in [1.82, 2.24) is 14.9 Å². The molecule has 1 heterocycles. The van der Waals surface area contributed by atoms with Gasteiger partial charge in [0.1, 0.15) is 5.82 Å². The van der Waals surface area contributed by atoms with Crippen molar-refractivity contribution in [2.24, 2.45) is 5.92 Å². The van der Waals surface area contributed by atoms with Crippen molar-refractivity contribution in [2.75, 3.05) is 6.54 Å². The zero-order valence-electron chi connectivity index (χ0n) is 12.1. The molecule has 0 aliphatic carbocycles. The average molecular weight is 237 g/mol. The summed E-state index contributed by atoms with van der Waals surface area (Å²) in [5.74, 6) is 1.85. The maximum Gasteiger partial charge on any atom is 0.106 e. The van der Waals surface area contributed by atoms with E-state index in [0.29, 0.717) is 12.1 Å². The second-order valence-electron chi connectivity index (χ2n) is 5.38. The van der Waals surface area contributed by atoms with Crippen LogP contribution in [0.25, 0.3) is 0 Å². The fraction of sp³-hybridized carbons (Fsp3) is 0.786. The summed E-state index contributed by atoms with van der Waals surface area (Å²) < 4.78 is 2.31. The second-order valence-corrected chi connectivity index (χ2v) is 5.38. The molecule has 1 rings (SSSR count). The van der Waals surface area contributed by atoms with Gasteiger partial charge in [0, 0.05) is 18.3 Å². The van der Waals surface area contributed by atoms with E-state index in [2.05, 4.69) is 62.6 Å². The van der Waals surface area contributed by atoms with E-state index >= 15 is 0 Å². The maximum atomic E-state index is 4.66. The Labute approximate surface area is 106 Å². The first-order valence-electron chi connectivity index (χ1n) is 6.74. The molecule has 0 bridgehead atoms. The number of nitrogens with zero attached hydrogens (tertiary/aromatic N) is 2. The number of rotatable bonds is 6. The van der Waals surface area contributed by atoms with Gasteiger partial charge < -0.3 is 9.88 Å². The first-order valence-corrected chi connectivity index (χ1v) is 6.74.